The van der Waals surface area contributed by atoms with E-state index in [9.17, 15) is 0 Å². The Balaban J connectivity index is 1.05. The molecule has 12 aromatic rings. The van der Waals surface area contributed by atoms with E-state index in [-0.39, 0.29) is 0 Å². The zero-order valence-electron chi connectivity index (χ0n) is 33.1. The van der Waals surface area contributed by atoms with Crippen molar-refractivity contribution in [3.05, 3.63) is 224 Å². The Morgan fingerprint density at radius 2 is 0.951 bits per heavy atom. The minimum absolute atomic E-state index is 0.896. The molecule has 0 aliphatic carbocycles. The number of hydrogen-bond acceptors (Lipinski definition) is 3. The van der Waals surface area contributed by atoms with Gasteiger partial charge in [-0.3, -0.25) is 0 Å². The molecular weight excluding hydrogens is 759 g/mol. The molecule has 0 atom stereocenters. The summed E-state index contributed by atoms with van der Waals surface area (Å²) in [5.74, 6) is 0. The van der Waals surface area contributed by atoms with Gasteiger partial charge in [0.2, 0.25) is 0 Å². The maximum Gasteiger partial charge on any atom is 0.135 e. The van der Waals surface area contributed by atoms with Gasteiger partial charge in [-0.1, -0.05) is 170 Å². The standard InChI is InChI=1S/C58H37NOS/c1-2-14-38(15-3-1)45-23-11-16-40-17-12-25-50(57(40)45)47-20-4-7-27-53(47)59(43-33-30-39(31-34-43)46-24-13-26-51-49-22-6-9-29-56(49)61-58(46)51)44-19-10-18-41(36-44)42-32-35-55-52(37-42)48-21-5-8-28-54(48)60-55/h1-37H. The molecule has 2 aromatic heterocycles. The lowest BCUT2D eigenvalue weighted by atomic mass is 9.90. The SMILES string of the molecule is c1ccc(-c2cccc3cccc(-c4ccccc4N(c4ccc(-c5cccc6c5sc5ccccc56)cc4)c4cccc(-c5ccc6oc7ccccc7c6c5)c4)c23)cc1. The van der Waals surface area contributed by atoms with Gasteiger partial charge >= 0.3 is 0 Å². The van der Waals surface area contributed by atoms with Crippen LogP contribution in [0.2, 0.25) is 0 Å². The van der Waals surface area contributed by atoms with E-state index in [0.29, 0.717) is 0 Å². The third-order valence-corrected chi connectivity index (χ3v) is 13.3. The van der Waals surface area contributed by atoms with E-state index in [1.54, 1.807) is 0 Å². The molecule has 0 fully saturated rings. The predicted molar refractivity (Wildman–Crippen MR) is 261 cm³/mol. The Bertz CT molecular complexity index is 3590. The summed E-state index contributed by atoms with van der Waals surface area (Å²) in [5.41, 5.74) is 14.6. The number of para-hydroxylation sites is 2. The number of furan rings is 1. The topological polar surface area (TPSA) is 16.4 Å². The van der Waals surface area contributed by atoms with Crippen LogP contribution in [0.3, 0.4) is 0 Å². The molecule has 12 rings (SSSR count). The highest BCUT2D eigenvalue weighted by Gasteiger charge is 2.21. The molecule has 3 heteroatoms. The zero-order valence-corrected chi connectivity index (χ0v) is 33.9. The summed E-state index contributed by atoms with van der Waals surface area (Å²) in [6.07, 6.45) is 0. The van der Waals surface area contributed by atoms with Crippen LogP contribution in [0.25, 0.3) is 97.4 Å². The molecule has 0 saturated heterocycles. The molecule has 0 spiro atoms. The van der Waals surface area contributed by atoms with Crippen molar-refractivity contribution in [1.29, 1.82) is 0 Å². The molecule has 0 bridgehead atoms. The second kappa shape index (κ2) is 14.5. The van der Waals surface area contributed by atoms with Gasteiger partial charge in [-0.25, -0.2) is 0 Å². The Morgan fingerprint density at radius 1 is 0.344 bits per heavy atom. The molecule has 0 unspecified atom stereocenters. The van der Waals surface area contributed by atoms with Gasteiger partial charge in [0.1, 0.15) is 11.2 Å². The van der Waals surface area contributed by atoms with Crippen molar-refractivity contribution >= 4 is 81.3 Å². The fraction of sp³-hybridized carbons (Fsp3) is 0. The number of rotatable bonds is 7. The lowest BCUT2D eigenvalue weighted by Gasteiger charge is -2.29. The van der Waals surface area contributed by atoms with E-state index in [0.717, 1.165) is 55.7 Å². The maximum atomic E-state index is 6.22. The van der Waals surface area contributed by atoms with Crippen molar-refractivity contribution in [3.8, 4) is 44.5 Å². The first-order chi connectivity index (χ1) is 30.2. The second-order valence-corrected chi connectivity index (χ2v) is 16.7. The quantitative estimate of drug-likeness (QED) is 0.160. The van der Waals surface area contributed by atoms with Crippen LogP contribution in [0, 0.1) is 0 Å². The molecule has 2 nitrogen and oxygen atoms in total. The first kappa shape index (κ1) is 35.2. The fourth-order valence-electron chi connectivity index (χ4n) is 9.24. The van der Waals surface area contributed by atoms with Crippen LogP contribution in [0.1, 0.15) is 0 Å². The molecule has 2 heterocycles. The van der Waals surface area contributed by atoms with Crippen molar-refractivity contribution in [3.63, 3.8) is 0 Å². The Morgan fingerprint density at radius 3 is 1.84 bits per heavy atom. The van der Waals surface area contributed by atoms with Gasteiger partial charge in [0, 0.05) is 47.9 Å². The van der Waals surface area contributed by atoms with Crippen LogP contribution in [-0.4, -0.2) is 0 Å². The number of anilines is 3. The minimum atomic E-state index is 0.896. The van der Waals surface area contributed by atoms with Crippen molar-refractivity contribution in [2.24, 2.45) is 0 Å². The van der Waals surface area contributed by atoms with E-state index >= 15 is 0 Å². The summed E-state index contributed by atoms with van der Waals surface area (Å²) in [6.45, 7) is 0. The molecule has 0 saturated carbocycles. The second-order valence-electron chi connectivity index (χ2n) is 15.6. The van der Waals surface area contributed by atoms with Gasteiger partial charge in [0.15, 0.2) is 0 Å². The molecule has 286 valence electrons. The first-order valence-corrected chi connectivity index (χ1v) is 21.6. The molecule has 0 amide bonds. The average molecular weight is 796 g/mol. The van der Waals surface area contributed by atoms with E-state index in [2.05, 4.69) is 217 Å². The molecule has 0 radical (unpaired) electrons. The van der Waals surface area contributed by atoms with Gasteiger partial charge in [-0.2, -0.15) is 0 Å². The highest BCUT2D eigenvalue weighted by molar-refractivity contribution is 7.26. The summed E-state index contributed by atoms with van der Waals surface area (Å²) < 4.78 is 8.85. The smallest absolute Gasteiger partial charge is 0.135 e. The summed E-state index contributed by atoms with van der Waals surface area (Å²) >= 11 is 1.87. The number of fused-ring (bicyclic) bond motifs is 7. The molecule has 61 heavy (non-hydrogen) atoms. The van der Waals surface area contributed by atoms with Crippen LogP contribution in [0.5, 0.6) is 0 Å². The molecule has 0 N–H and O–H groups in total. The summed E-state index contributed by atoms with van der Waals surface area (Å²) in [7, 11) is 0. The van der Waals surface area contributed by atoms with Gasteiger partial charge in [0.25, 0.3) is 0 Å². The highest BCUT2D eigenvalue weighted by atomic mass is 32.1. The summed E-state index contributed by atoms with van der Waals surface area (Å²) in [5, 5.41) is 7.32. The fourth-order valence-corrected chi connectivity index (χ4v) is 10.5. The molecular formula is C58H37NOS. The Kier molecular flexibility index (Phi) is 8.39. The lowest BCUT2D eigenvalue weighted by Crippen LogP contribution is -2.11. The monoisotopic (exact) mass is 795 g/mol. The van der Waals surface area contributed by atoms with Crippen LogP contribution in [0.4, 0.5) is 17.1 Å². The van der Waals surface area contributed by atoms with Gasteiger partial charge in [0.05, 0.1) is 5.69 Å². The maximum absolute atomic E-state index is 6.22. The van der Waals surface area contributed by atoms with E-state index < -0.39 is 0 Å². The van der Waals surface area contributed by atoms with Gasteiger partial charge < -0.3 is 9.32 Å². The van der Waals surface area contributed by atoms with Crippen LogP contribution < -0.4 is 4.90 Å². The Hall–Kier alpha value is -7.72. The third kappa shape index (κ3) is 6.01. The Labute approximate surface area is 357 Å². The third-order valence-electron chi connectivity index (χ3n) is 12.1. The van der Waals surface area contributed by atoms with Gasteiger partial charge in [-0.05, 0) is 104 Å². The number of thiophene rings is 1. The van der Waals surface area contributed by atoms with E-state index in [1.165, 1.54) is 58.8 Å². The predicted octanol–water partition coefficient (Wildman–Crippen LogP) is 17.2. The van der Waals surface area contributed by atoms with E-state index in [1.807, 2.05) is 23.5 Å². The van der Waals surface area contributed by atoms with E-state index in [4.69, 9.17) is 4.42 Å². The van der Waals surface area contributed by atoms with Crippen LogP contribution in [0.15, 0.2) is 229 Å². The normalized spacial score (nSPS) is 11.6. The van der Waals surface area contributed by atoms with Crippen molar-refractivity contribution < 1.29 is 4.42 Å². The van der Waals surface area contributed by atoms with Crippen molar-refractivity contribution in [2.45, 2.75) is 0 Å². The zero-order chi connectivity index (χ0) is 40.3. The first-order valence-electron chi connectivity index (χ1n) is 20.7. The summed E-state index contributed by atoms with van der Waals surface area (Å²) in [6, 6.07) is 81.3. The molecule has 10 aromatic carbocycles. The number of hydrogen-bond donors (Lipinski definition) is 0. The van der Waals surface area contributed by atoms with Crippen LogP contribution in [-0.2, 0) is 0 Å². The van der Waals surface area contributed by atoms with Crippen molar-refractivity contribution in [1.82, 2.24) is 0 Å². The largest absolute Gasteiger partial charge is 0.456 e. The lowest BCUT2D eigenvalue weighted by molar-refractivity contribution is 0.669. The number of nitrogens with zero attached hydrogens (tertiary/aromatic N) is 1. The van der Waals surface area contributed by atoms with Gasteiger partial charge in [-0.15, -0.1) is 11.3 Å². The molecule has 0 aliphatic heterocycles. The number of benzene rings is 10. The molecule has 0 aliphatic rings. The summed E-state index contributed by atoms with van der Waals surface area (Å²) in [4.78, 5) is 2.43. The highest BCUT2D eigenvalue weighted by Crippen LogP contribution is 2.47. The average Bonchev–Trinajstić information content (AvgIpc) is 3.90. The van der Waals surface area contributed by atoms with Crippen molar-refractivity contribution in [2.75, 3.05) is 4.90 Å². The minimum Gasteiger partial charge on any atom is -0.456 e. The van der Waals surface area contributed by atoms with Crippen LogP contribution >= 0.6 is 11.3 Å².